The van der Waals surface area contributed by atoms with Gasteiger partial charge in [0.2, 0.25) is 0 Å². The Morgan fingerprint density at radius 2 is 1.68 bits per heavy atom. The molecule has 0 spiro atoms. The first-order valence-electron chi connectivity index (χ1n) is 9.85. The zero-order chi connectivity index (χ0) is 22.1. The van der Waals surface area contributed by atoms with Crippen molar-refractivity contribution in [2.75, 3.05) is 4.90 Å². The normalized spacial score (nSPS) is 17.9. The number of phenolic OH excluding ortho intramolecular Hbond substituents is 1. The number of carbonyl (C=O) groups excluding carboxylic acids is 2. The van der Waals surface area contributed by atoms with Gasteiger partial charge < -0.3 is 10.2 Å². The lowest BCUT2D eigenvalue weighted by Gasteiger charge is -2.25. The highest BCUT2D eigenvalue weighted by Crippen LogP contribution is 2.42. The fourth-order valence-corrected chi connectivity index (χ4v) is 3.76. The minimum atomic E-state index is -0.983. The summed E-state index contributed by atoms with van der Waals surface area (Å²) in [4.78, 5) is 27.2. The summed E-state index contributed by atoms with van der Waals surface area (Å²) in [5.74, 6) is -2.53. The number of aliphatic hydroxyl groups excluding tert-OH is 1. The molecule has 0 saturated carbocycles. The predicted molar refractivity (Wildman–Crippen MR) is 115 cm³/mol. The molecule has 0 aliphatic carbocycles. The van der Waals surface area contributed by atoms with E-state index in [-0.39, 0.29) is 17.1 Å². The van der Waals surface area contributed by atoms with Gasteiger partial charge in [0, 0.05) is 11.3 Å². The van der Waals surface area contributed by atoms with Crippen LogP contribution in [-0.4, -0.2) is 21.9 Å². The molecule has 0 bridgehead atoms. The van der Waals surface area contributed by atoms with Crippen molar-refractivity contribution in [1.29, 1.82) is 0 Å². The highest BCUT2D eigenvalue weighted by atomic mass is 19.1. The summed E-state index contributed by atoms with van der Waals surface area (Å²) in [5, 5.41) is 21.0. The van der Waals surface area contributed by atoms with Crippen LogP contribution in [0.4, 0.5) is 10.1 Å². The van der Waals surface area contributed by atoms with Gasteiger partial charge in [0.1, 0.15) is 17.3 Å². The van der Waals surface area contributed by atoms with E-state index in [1.165, 1.54) is 41.3 Å². The smallest absolute Gasteiger partial charge is 0.300 e. The van der Waals surface area contributed by atoms with E-state index in [2.05, 4.69) is 0 Å². The first kappa shape index (κ1) is 20.3. The van der Waals surface area contributed by atoms with Crippen molar-refractivity contribution in [3.05, 3.63) is 101 Å². The van der Waals surface area contributed by atoms with Crippen molar-refractivity contribution >= 4 is 23.1 Å². The maximum atomic E-state index is 13.5. The van der Waals surface area contributed by atoms with Crippen LogP contribution < -0.4 is 4.90 Å². The summed E-state index contributed by atoms with van der Waals surface area (Å²) >= 11 is 0. The standard InChI is InChI=1S/C25H20FNO4/c1-2-15-6-8-16(9-7-15)23(29)21-22(17-4-3-5-20(28)14-17)27(25(31)24(21)30)19-12-10-18(26)11-13-19/h3-14,22,28-29H,2H2,1H3/b23-21-. The van der Waals surface area contributed by atoms with Crippen molar-refractivity contribution < 1.29 is 24.2 Å². The molecule has 3 aromatic carbocycles. The maximum Gasteiger partial charge on any atom is 0.300 e. The number of carbonyl (C=O) groups is 2. The van der Waals surface area contributed by atoms with Crippen LogP contribution >= 0.6 is 0 Å². The number of rotatable bonds is 4. The first-order chi connectivity index (χ1) is 14.9. The monoisotopic (exact) mass is 417 g/mol. The van der Waals surface area contributed by atoms with Gasteiger partial charge in [-0.3, -0.25) is 14.5 Å². The van der Waals surface area contributed by atoms with Crippen molar-refractivity contribution in [2.45, 2.75) is 19.4 Å². The highest BCUT2D eigenvalue weighted by Gasteiger charge is 2.47. The van der Waals surface area contributed by atoms with Gasteiger partial charge in [0.25, 0.3) is 11.7 Å². The molecular formula is C25H20FNO4. The number of anilines is 1. The summed E-state index contributed by atoms with van der Waals surface area (Å²) < 4.78 is 13.5. The van der Waals surface area contributed by atoms with Crippen molar-refractivity contribution in [2.24, 2.45) is 0 Å². The summed E-state index contributed by atoms with van der Waals surface area (Å²) in [7, 11) is 0. The Morgan fingerprint density at radius 1 is 1.00 bits per heavy atom. The second kappa shape index (κ2) is 8.07. The lowest BCUT2D eigenvalue weighted by atomic mass is 9.94. The number of benzene rings is 3. The predicted octanol–water partition coefficient (Wildman–Crippen LogP) is 4.72. The average Bonchev–Trinajstić information content (AvgIpc) is 3.04. The van der Waals surface area contributed by atoms with E-state index in [0.29, 0.717) is 16.8 Å². The minimum Gasteiger partial charge on any atom is -0.508 e. The fraction of sp³-hybridized carbons (Fsp3) is 0.120. The Kier molecular flexibility index (Phi) is 5.29. The van der Waals surface area contributed by atoms with Crippen LogP contribution in [0, 0.1) is 5.82 Å². The molecule has 1 aliphatic heterocycles. The van der Waals surface area contributed by atoms with E-state index < -0.39 is 23.5 Å². The van der Waals surface area contributed by atoms with Crippen LogP contribution in [0.1, 0.15) is 29.7 Å². The van der Waals surface area contributed by atoms with Crippen LogP contribution in [-0.2, 0) is 16.0 Å². The Morgan fingerprint density at radius 3 is 2.29 bits per heavy atom. The molecule has 156 valence electrons. The molecule has 0 radical (unpaired) electrons. The van der Waals surface area contributed by atoms with E-state index in [1.807, 2.05) is 19.1 Å². The number of aryl methyl sites for hydroxylation is 1. The summed E-state index contributed by atoms with van der Waals surface area (Å²) in [5.41, 5.74) is 2.11. The summed E-state index contributed by atoms with van der Waals surface area (Å²) in [6.45, 7) is 2.00. The highest BCUT2D eigenvalue weighted by molar-refractivity contribution is 6.51. The third-order valence-electron chi connectivity index (χ3n) is 5.37. The average molecular weight is 417 g/mol. The number of ketones is 1. The number of phenols is 1. The van der Waals surface area contributed by atoms with E-state index in [9.17, 15) is 24.2 Å². The van der Waals surface area contributed by atoms with Gasteiger partial charge in [0.05, 0.1) is 11.6 Å². The molecule has 5 nitrogen and oxygen atoms in total. The molecule has 4 rings (SSSR count). The Bertz CT molecular complexity index is 1180. The van der Waals surface area contributed by atoms with E-state index in [1.54, 1.807) is 24.3 Å². The quantitative estimate of drug-likeness (QED) is 0.366. The van der Waals surface area contributed by atoms with Crippen molar-refractivity contribution in [3.8, 4) is 5.75 Å². The van der Waals surface area contributed by atoms with Gasteiger partial charge in [-0.05, 0) is 53.9 Å². The Hall–Kier alpha value is -3.93. The van der Waals surface area contributed by atoms with Crippen LogP contribution in [0.15, 0.2) is 78.4 Å². The van der Waals surface area contributed by atoms with Gasteiger partial charge in [-0.15, -0.1) is 0 Å². The SMILES string of the molecule is CCc1ccc(/C(O)=C2/C(=O)C(=O)N(c3ccc(F)cc3)C2c2cccc(O)c2)cc1. The lowest BCUT2D eigenvalue weighted by molar-refractivity contribution is -0.132. The molecule has 1 unspecified atom stereocenters. The molecule has 3 aromatic rings. The van der Waals surface area contributed by atoms with Crippen LogP contribution in [0.3, 0.4) is 0 Å². The third kappa shape index (κ3) is 3.68. The molecule has 1 atom stereocenters. The summed E-state index contributed by atoms with van der Waals surface area (Å²) in [6.07, 6.45) is 0.819. The molecule has 2 N–H and O–H groups in total. The van der Waals surface area contributed by atoms with Crippen LogP contribution in [0.25, 0.3) is 5.76 Å². The van der Waals surface area contributed by atoms with Crippen LogP contribution in [0.5, 0.6) is 5.75 Å². The number of hydrogen-bond acceptors (Lipinski definition) is 4. The number of Topliss-reactive ketones (excluding diaryl/α,β-unsaturated/α-hetero) is 1. The zero-order valence-corrected chi connectivity index (χ0v) is 16.7. The minimum absolute atomic E-state index is 0.0468. The Labute approximate surface area is 178 Å². The molecule has 1 amide bonds. The summed E-state index contributed by atoms with van der Waals surface area (Å²) in [6, 6.07) is 17.4. The van der Waals surface area contributed by atoms with Gasteiger partial charge in [-0.2, -0.15) is 0 Å². The number of amides is 1. The number of halogens is 1. The van der Waals surface area contributed by atoms with E-state index >= 15 is 0 Å². The van der Waals surface area contributed by atoms with Gasteiger partial charge >= 0.3 is 0 Å². The molecule has 0 aromatic heterocycles. The van der Waals surface area contributed by atoms with Gasteiger partial charge in [0.15, 0.2) is 0 Å². The molecule has 31 heavy (non-hydrogen) atoms. The molecular weight excluding hydrogens is 397 g/mol. The number of hydrogen-bond donors (Lipinski definition) is 2. The maximum absolute atomic E-state index is 13.5. The first-order valence-corrected chi connectivity index (χ1v) is 9.85. The van der Waals surface area contributed by atoms with E-state index in [4.69, 9.17) is 0 Å². The second-order valence-corrected chi connectivity index (χ2v) is 7.29. The lowest BCUT2D eigenvalue weighted by Crippen LogP contribution is -2.29. The van der Waals surface area contributed by atoms with Crippen molar-refractivity contribution in [1.82, 2.24) is 0 Å². The Balaban J connectivity index is 1.92. The fourth-order valence-electron chi connectivity index (χ4n) is 3.76. The molecule has 1 saturated heterocycles. The number of nitrogens with zero attached hydrogens (tertiary/aromatic N) is 1. The van der Waals surface area contributed by atoms with Crippen molar-refractivity contribution in [3.63, 3.8) is 0 Å². The topological polar surface area (TPSA) is 77.8 Å². The molecule has 1 heterocycles. The zero-order valence-electron chi connectivity index (χ0n) is 16.7. The molecule has 1 fully saturated rings. The second-order valence-electron chi connectivity index (χ2n) is 7.29. The number of aromatic hydroxyl groups is 1. The number of aliphatic hydroxyl groups is 1. The van der Waals surface area contributed by atoms with Gasteiger partial charge in [-0.25, -0.2) is 4.39 Å². The molecule has 6 heteroatoms. The van der Waals surface area contributed by atoms with E-state index in [0.717, 1.165) is 12.0 Å². The largest absolute Gasteiger partial charge is 0.508 e. The third-order valence-corrected chi connectivity index (χ3v) is 5.37. The molecule has 1 aliphatic rings. The van der Waals surface area contributed by atoms with Gasteiger partial charge in [-0.1, -0.05) is 43.3 Å². The van der Waals surface area contributed by atoms with Crippen LogP contribution in [0.2, 0.25) is 0 Å².